The molecule has 1 aromatic heterocycles. The van der Waals surface area contributed by atoms with Gasteiger partial charge in [-0.15, -0.1) is 0 Å². The second-order valence-electron chi connectivity index (χ2n) is 6.75. The Labute approximate surface area is 136 Å². The van der Waals surface area contributed by atoms with Crippen molar-refractivity contribution in [2.45, 2.75) is 31.4 Å². The van der Waals surface area contributed by atoms with E-state index in [4.69, 9.17) is 4.42 Å². The summed E-state index contributed by atoms with van der Waals surface area (Å²) >= 11 is 0. The second kappa shape index (κ2) is 6.34. The average Bonchev–Trinajstić information content (AvgIpc) is 2.88. The molecule has 0 aliphatic carbocycles. The van der Waals surface area contributed by atoms with Crippen molar-refractivity contribution in [3.05, 3.63) is 36.1 Å². The van der Waals surface area contributed by atoms with E-state index in [-0.39, 0.29) is 12.3 Å². The SMILES string of the molecule is CN(C)C(=O)CC1(O)CCCN(Cc2cc3ccccc3o2)C1. The number of hydrogen-bond donors (Lipinski definition) is 1. The predicted octanol–water partition coefficient (Wildman–Crippen LogP) is 2.24. The maximum atomic E-state index is 11.9. The van der Waals surface area contributed by atoms with Crippen LogP contribution in [-0.4, -0.2) is 53.6 Å². The van der Waals surface area contributed by atoms with Crippen molar-refractivity contribution in [1.82, 2.24) is 9.80 Å². The van der Waals surface area contributed by atoms with Crippen LogP contribution in [0.5, 0.6) is 0 Å². The number of furan rings is 1. The quantitative estimate of drug-likeness (QED) is 0.940. The lowest BCUT2D eigenvalue weighted by Gasteiger charge is -2.39. The molecule has 2 aromatic rings. The Morgan fingerprint density at radius 1 is 1.39 bits per heavy atom. The maximum absolute atomic E-state index is 11.9. The lowest BCUT2D eigenvalue weighted by atomic mass is 9.89. The van der Waals surface area contributed by atoms with Crippen LogP contribution in [0.3, 0.4) is 0 Å². The third-order valence-electron chi connectivity index (χ3n) is 4.47. The summed E-state index contributed by atoms with van der Waals surface area (Å²) in [6.45, 7) is 2.08. The van der Waals surface area contributed by atoms with Crippen LogP contribution in [0, 0.1) is 0 Å². The fourth-order valence-electron chi connectivity index (χ4n) is 3.26. The van der Waals surface area contributed by atoms with Gasteiger partial charge in [-0.25, -0.2) is 0 Å². The summed E-state index contributed by atoms with van der Waals surface area (Å²) in [5.41, 5.74) is -0.0522. The second-order valence-corrected chi connectivity index (χ2v) is 6.75. The normalized spacial score (nSPS) is 22.4. The minimum atomic E-state index is -0.939. The van der Waals surface area contributed by atoms with Crippen molar-refractivity contribution in [2.24, 2.45) is 0 Å². The van der Waals surface area contributed by atoms with Crippen molar-refractivity contribution in [2.75, 3.05) is 27.2 Å². The first kappa shape index (κ1) is 16.0. The van der Waals surface area contributed by atoms with E-state index in [1.54, 1.807) is 14.1 Å². The number of β-amino-alcohol motifs (C(OH)–C–C–N with tert-alkyl or cyclic N) is 1. The lowest BCUT2D eigenvalue weighted by Crippen LogP contribution is -2.50. The van der Waals surface area contributed by atoms with E-state index in [1.807, 2.05) is 30.3 Å². The van der Waals surface area contributed by atoms with E-state index in [9.17, 15) is 9.90 Å². The smallest absolute Gasteiger partial charge is 0.224 e. The van der Waals surface area contributed by atoms with Gasteiger partial charge in [0.2, 0.25) is 5.91 Å². The van der Waals surface area contributed by atoms with Crippen molar-refractivity contribution in [1.29, 1.82) is 0 Å². The van der Waals surface area contributed by atoms with Gasteiger partial charge in [0.05, 0.1) is 18.6 Å². The van der Waals surface area contributed by atoms with Crippen molar-refractivity contribution >= 4 is 16.9 Å². The molecule has 23 heavy (non-hydrogen) atoms. The minimum Gasteiger partial charge on any atom is -0.460 e. The number of amides is 1. The summed E-state index contributed by atoms with van der Waals surface area (Å²) in [7, 11) is 3.45. The van der Waals surface area contributed by atoms with E-state index < -0.39 is 5.60 Å². The Hall–Kier alpha value is -1.85. The number of likely N-dealkylation sites (tertiary alicyclic amines) is 1. The first-order valence-corrected chi connectivity index (χ1v) is 8.08. The minimum absolute atomic E-state index is 0.0295. The summed E-state index contributed by atoms with van der Waals surface area (Å²) in [5, 5.41) is 11.9. The van der Waals surface area contributed by atoms with Crippen molar-refractivity contribution in [3.63, 3.8) is 0 Å². The van der Waals surface area contributed by atoms with Gasteiger partial charge in [-0.3, -0.25) is 9.69 Å². The summed E-state index contributed by atoms with van der Waals surface area (Å²) in [4.78, 5) is 15.6. The van der Waals surface area contributed by atoms with Crippen LogP contribution in [0.15, 0.2) is 34.7 Å². The summed E-state index contributed by atoms with van der Waals surface area (Å²) in [6, 6.07) is 10.00. The Balaban J connectivity index is 1.67. The summed E-state index contributed by atoms with van der Waals surface area (Å²) in [6.07, 6.45) is 1.73. The highest BCUT2D eigenvalue weighted by molar-refractivity contribution is 5.77. The number of fused-ring (bicyclic) bond motifs is 1. The molecule has 0 bridgehead atoms. The topological polar surface area (TPSA) is 56.9 Å². The molecule has 1 atom stereocenters. The van der Waals surface area contributed by atoms with Gasteiger partial charge < -0.3 is 14.4 Å². The number of aliphatic hydroxyl groups is 1. The Morgan fingerprint density at radius 3 is 2.91 bits per heavy atom. The standard InChI is InChI=1S/C18H24N2O3/c1-19(2)17(21)11-18(22)8-5-9-20(13-18)12-15-10-14-6-3-4-7-16(14)23-15/h3-4,6-7,10,22H,5,8-9,11-13H2,1-2H3. The van der Waals surface area contributed by atoms with Crippen LogP contribution in [0.2, 0.25) is 0 Å². The molecule has 5 nitrogen and oxygen atoms in total. The molecule has 1 fully saturated rings. The van der Waals surface area contributed by atoms with Gasteiger partial charge in [0.1, 0.15) is 11.3 Å². The van der Waals surface area contributed by atoms with E-state index in [1.165, 1.54) is 4.90 Å². The number of para-hydroxylation sites is 1. The number of hydrogen-bond acceptors (Lipinski definition) is 4. The van der Waals surface area contributed by atoms with Crippen LogP contribution in [0.25, 0.3) is 11.0 Å². The zero-order valence-corrected chi connectivity index (χ0v) is 13.8. The number of nitrogens with zero attached hydrogens (tertiary/aromatic N) is 2. The predicted molar refractivity (Wildman–Crippen MR) is 89.0 cm³/mol. The van der Waals surface area contributed by atoms with E-state index >= 15 is 0 Å². The molecule has 1 saturated heterocycles. The molecular weight excluding hydrogens is 292 g/mol. The lowest BCUT2D eigenvalue weighted by molar-refractivity contribution is -0.136. The summed E-state index contributed by atoms with van der Waals surface area (Å²) in [5.74, 6) is 0.868. The molecule has 1 aromatic carbocycles. The van der Waals surface area contributed by atoms with E-state index in [0.29, 0.717) is 19.5 Å². The third-order valence-corrected chi connectivity index (χ3v) is 4.47. The molecule has 2 heterocycles. The highest BCUT2D eigenvalue weighted by Crippen LogP contribution is 2.27. The highest BCUT2D eigenvalue weighted by atomic mass is 16.3. The first-order chi connectivity index (χ1) is 11.0. The van der Waals surface area contributed by atoms with Crippen LogP contribution in [-0.2, 0) is 11.3 Å². The highest BCUT2D eigenvalue weighted by Gasteiger charge is 2.36. The van der Waals surface area contributed by atoms with Gasteiger partial charge in [-0.2, -0.15) is 0 Å². The molecule has 0 radical (unpaired) electrons. The molecule has 3 rings (SSSR count). The first-order valence-electron chi connectivity index (χ1n) is 8.08. The average molecular weight is 316 g/mol. The Bertz CT molecular complexity index is 661. The molecule has 5 heteroatoms. The van der Waals surface area contributed by atoms with Crippen LogP contribution in [0.1, 0.15) is 25.0 Å². The van der Waals surface area contributed by atoms with Crippen molar-refractivity contribution in [3.8, 4) is 0 Å². The van der Waals surface area contributed by atoms with Crippen molar-refractivity contribution < 1.29 is 14.3 Å². The van der Waals surface area contributed by atoms with Crippen LogP contribution >= 0.6 is 0 Å². The van der Waals surface area contributed by atoms with Gasteiger partial charge in [0.15, 0.2) is 0 Å². The number of carbonyl (C=O) groups excluding carboxylic acids is 1. The largest absolute Gasteiger partial charge is 0.460 e. The molecule has 124 valence electrons. The zero-order chi connectivity index (χ0) is 16.4. The van der Waals surface area contributed by atoms with Gasteiger partial charge in [-0.05, 0) is 31.5 Å². The van der Waals surface area contributed by atoms with Gasteiger partial charge in [-0.1, -0.05) is 18.2 Å². The Kier molecular flexibility index (Phi) is 4.41. The number of piperidine rings is 1. The Morgan fingerprint density at radius 2 is 2.17 bits per heavy atom. The number of rotatable bonds is 4. The molecule has 1 N–H and O–H groups in total. The summed E-state index contributed by atoms with van der Waals surface area (Å²) < 4.78 is 5.86. The molecule has 0 spiro atoms. The van der Waals surface area contributed by atoms with Gasteiger partial charge in [0.25, 0.3) is 0 Å². The number of benzene rings is 1. The third kappa shape index (κ3) is 3.74. The molecule has 0 saturated carbocycles. The van der Waals surface area contributed by atoms with Crippen LogP contribution < -0.4 is 0 Å². The monoisotopic (exact) mass is 316 g/mol. The van der Waals surface area contributed by atoms with Gasteiger partial charge in [0, 0.05) is 26.0 Å². The molecule has 1 unspecified atom stereocenters. The zero-order valence-electron chi connectivity index (χ0n) is 13.8. The fourth-order valence-corrected chi connectivity index (χ4v) is 3.26. The molecular formula is C18H24N2O3. The van der Waals surface area contributed by atoms with Gasteiger partial charge >= 0.3 is 0 Å². The van der Waals surface area contributed by atoms with E-state index in [2.05, 4.69) is 4.90 Å². The molecule has 1 aliphatic heterocycles. The van der Waals surface area contributed by atoms with Crippen LogP contribution in [0.4, 0.5) is 0 Å². The molecule has 1 amide bonds. The number of carbonyl (C=O) groups is 1. The molecule has 1 aliphatic rings. The fraction of sp³-hybridized carbons (Fsp3) is 0.500. The van der Waals surface area contributed by atoms with E-state index in [0.717, 1.165) is 29.7 Å². The maximum Gasteiger partial charge on any atom is 0.224 e.